The van der Waals surface area contributed by atoms with Gasteiger partial charge in [0, 0.05) is 58.6 Å². The Kier molecular flexibility index (Phi) is 13.9. The van der Waals surface area contributed by atoms with Crippen molar-refractivity contribution < 1.29 is 19.8 Å². The monoisotopic (exact) mass is 879 g/mol. The molecule has 2 fully saturated rings. The second kappa shape index (κ2) is 20.1. The van der Waals surface area contributed by atoms with Crippen LogP contribution in [0.4, 0.5) is 0 Å². The fraction of sp³-hybridized carbons (Fsp3) is 0.400. The molecule has 2 aromatic heterocycles. The molecule has 0 aliphatic heterocycles. The number of Topliss-reactive ketones (excluding diaryl/α,β-unsaturated/α-hetero) is 2. The topological polar surface area (TPSA) is 100 Å². The maximum absolute atomic E-state index is 13.2. The Morgan fingerprint density at radius 1 is 0.545 bits per heavy atom. The summed E-state index contributed by atoms with van der Waals surface area (Å²) in [6.45, 7) is 3.93. The molecule has 10 rings (SSSR count). The number of carbonyl (C=O) groups is 2. The lowest BCUT2D eigenvalue weighted by molar-refractivity contribution is 0.0467. The van der Waals surface area contributed by atoms with Gasteiger partial charge in [-0.05, 0) is 184 Å². The molecule has 4 aromatic carbocycles. The highest BCUT2D eigenvalue weighted by Gasteiger charge is 2.48. The van der Waals surface area contributed by atoms with Gasteiger partial charge < -0.3 is 10.2 Å². The van der Waals surface area contributed by atoms with E-state index in [4.69, 9.17) is 0 Å². The van der Waals surface area contributed by atoms with E-state index in [0.717, 1.165) is 124 Å². The first-order chi connectivity index (χ1) is 32.1. The Bertz CT molecular complexity index is 2460. The summed E-state index contributed by atoms with van der Waals surface area (Å²) in [7, 11) is 0. The molecular formula is C60H66N2O4. The van der Waals surface area contributed by atoms with Gasteiger partial charge in [-0.15, -0.1) is 0 Å². The lowest BCUT2D eigenvalue weighted by Gasteiger charge is -2.46. The molecule has 6 aromatic rings. The minimum Gasteiger partial charge on any atom is -0.393 e. The molecule has 2 N–H and O–H groups in total. The van der Waals surface area contributed by atoms with Gasteiger partial charge in [-0.2, -0.15) is 0 Å². The Labute approximate surface area is 392 Å². The van der Waals surface area contributed by atoms with Gasteiger partial charge in [0.2, 0.25) is 0 Å². The van der Waals surface area contributed by atoms with Crippen LogP contribution in [0.1, 0.15) is 141 Å². The van der Waals surface area contributed by atoms with Gasteiger partial charge in [-0.25, -0.2) is 0 Å². The molecule has 4 aliphatic rings. The van der Waals surface area contributed by atoms with E-state index in [-0.39, 0.29) is 34.6 Å². The van der Waals surface area contributed by atoms with Crippen LogP contribution in [0.5, 0.6) is 0 Å². The molecule has 0 bridgehead atoms. The van der Waals surface area contributed by atoms with Gasteiger partial charge >= 0.3 is 0 Å². The van der Waals surface area contributed by atoms with Gasteiger partial charge in [-0.1, -0.05) is 97.1 Å². The standard InChI is InChI=1S/2C30H33NO2/c2*1-21-23(10-6-16-31-21)18-29(33)25-12-13-28-24(17-25)9-5-11-26-19-27(32)14-15-30(26,28)20-22-7-3-2-4-8-22/h2*2-4,6-8,10,12-13,16-17,26-27,32H,5,9,11,14-15,18-20H2,1H3/t26-,27+,30-;26-,27-,30-/m00/s1. The zero-order chi connectivity index (χ0) is 45.7. The second-order valence-electron chi connectivity index (χ2n) is 20.1. The van der Waals surface area contributed by atoms with E-state index in [1.54, 1.807) is 12.4 Å². The van der Waals surface area contributed by atoms with E-state index < -0.39 is 0 Å². The molecule has 340 valence electrons. The van der Waals surface area contributed by atoms with Crippen LogP contribution in [0.15, 0.2) is 134 Å². The molecule has 2 saturated carbocycles. The van der Waals surface area contributed by atoms with Crippen molar-refractivity contribution in [1.29, 1.82) is 0 Å². The van der Waals surface area contributed by atoms with Crippen molar-refractivity contribution in [3.63, 3.8) is 0 Å². The number of carbonyl (C=O) groups excluding carboxylic acids is 2. The highest BCUT2D eigenvalue weighted by molar-refractivity contribution is 5.98. The number of aliphatic hydroxyl groups excluding tert-OH is 2. The minimum absolute atomic E-state index is 0.0356. The maximum Gasteiger partial charge on any atom is 0.167 e. The average Bonchev–Trinajstić information content (AvgIpc) is 3.58. The van der Waals surface area contributed by atoms with Crippen LogP contribution in [0.25, 0.3) is 0 Å². The van der Waals surface area contributed by atoms with E-state index in [9.17, 15) is 19.8 Å². The molecule has 6 nitrogen and oxygen atoms in total. The van der Waals surface area contributed by atoms with Gasteiger partial charge in [0.15, 0.2) is 11.6 Å². The second-order valence-corrected chi connectivity index (χ2v) is 20.1. The molecule has 2 heterocycles. The first-order valence-electron chi connectivity index (χ1n) is 24.7. The Hall–Kier alpha value is -5.56. The lowest BCUT2D eigenvalue weighted by atomic mass is 9.58. The summed E-state index contributed by atoms with van der Waals surface area (Å²) in [5.41, 5.74) is 13.7. The Morgan fingerprint density at radius 3 is 1.38 bits per heavy atom. The SMILES string of the molecule is Cc1ncccc1CC(=O)c1ccc2c(c1)CCC[C@H]1C[C@@H](O)CC[C@@]21Cc1ccccc1.Cc1ncccc1CC(=O)c1ccc2c(c1)CCC[C@H]1C[C@H](O)CC[C@@]21Cc1ccccc1. The lowest BCUT2D eigenvalue weighted by Crippen LogP contribution is -2.43. The van der Waals surface area contributed by atoms with Crippen molar-refractivity contribution in [2.24, 2.45) is 11.8 Å². The van der Waals surface area contributed by atoms with Crippen LogP contribution in [-0.4, -0.2) is 44.0 Å². The number of aliphatic hydroxyl groups is 2. The summed E-state index contributed by atoms with van der Waals surface area (Å²) < 4.78 is 0. The van der Waals surface area contributed by atoms with E-state index in [1.165, 1.54) is 33.4 Å². The molecule has 4 aliphatic carbocycles. The summed E-state index contributed by atoms with van der Waals surface area (Å²) >= 11 is 0. The van der Waals surface area contributed by atoms with Gasteiger partial charge in [0.05, 0.1) is 12.2 Å². The first kappa shape index (κ1) is 45.6. The molecule has 66 heavy (non-hydrogen) atoms. The van der Waals surface area contributed by atoms with Crippen molar-refractivity contribution in [3.05, 3.63) is 201 Å². The van der Waals surface area contributed by atoms with Crippen molar-refractivity contribution in [2.75, 3.05) is 0 Å². The average molecular weight is 879 g/mol. The molecule has 0 amide bonds. The summed E-state index contributed by atoms with van der Waals surface area (Å²) in [6.07, 6.45) is 17.9. The zero-order valence-corrected chi connectivity index (χ0v) is 38.9. The number of nitrogens with zero attached hydrogens (tertiary/aromatic N) is 2. The summed E-state index contributed by atoms with van der Waals surface area (Å²) in [5.74, 6) is 1.27. The van der Waals surface area contributed by atoms with Crippen LogP contribution >= 0.6 is 0 Å². The van der Waals surface area contributed by atoms with Crippen LogP contribution in [-0.2, 0) is 49.4 Å². The van der Waals surface area contributed by atoms with Crippen LogP contribution in [0, 0.1) is 25.7 Å². The molecule has 0 unspecified atom stereocenters. The first-order valence-corrected chi connectivity index (χ1v) is 24.7. The summed E-state index contributed by atoms with van der Waals surface area (Å²) in [6, 6.07) is 42.3. The van der Waals surface area contributed by atoms with E-state index in [1.807, 2.05) is 50.2 Å². The third kappa shape index (κ3) is 9.78. The number of hydrogen-bond acceptors (Lipinski definition) is 6. The van der Waals surface area contributed by atoms with Crippen molar-refractivity contribution >= 4 is 11.6 Å². The van der Waals surface area contributed by atoms with Crippen LogP contribution in [0.2, 0.25) is 0 Å². The molecule has 0 radical (unpaired) electrons. The van der Waals surface area contributed by atoms with E-state index in [2.05, 4.69) is 94.9 Å². The third-order valence-electron chi connectivity index (χ3n) is 16.1. The van der Waals surface area contributed by atoms with Gasteiger partial charge in [0.25, 0.3) is 0 Å². The molecule has 0 spiro atoms. The number of aryl methyl sites for hydroxylation is 4. The van der Waals surface area contributed by atoms with Crippen molar-refractivity contribution in [2.45, 2.75) is 140 Å². The largest absolute Gasteiger partial charge is 0.393 e. The highest BCUT2D eigenvalue weighted by atomic mass is 16.3. The van der Waals surface area contributed by atoms with Crippen molar-refractivity contribution in [1.82, 2.24) is 9.97 Å². The predicted octanol–water partition coefficient (Wildman–Crippen LogP) is 11.6. The Balaban J connectivity index is 0.000000166. The minimum atomic E-state index is -0.191. The fourth-order valence-electron chi connectivity index (χ4n) is 12.6. The summed E-state index contributed by atoms with van der Waals surface area (Å²) in [4.78, 5) is 35.0. The molecule has 0 saturated heterocycles. The van der Waals surface area contributed by atoms with Gasteiger partial charge in [0.1, 0.15) is 0 Å². The number of ketones is 2. The molecular weight excluding hydrogens is 813 g/mol. The van der Waals surface area contributed by atoms with Crippen LogP contribution < -0.4 is 0 Å². The number of fused-ring (bicyclic) bond motifs is 6. The smallest absolute Gasteiger partial charge is 0.167 e. The Morgan fingerprint density at radius 2 is 0.970 bits per heavy atom. The molecule has 6 heteroatoms. The zero-order valence-electron chi connectivity index (χ0n) is 38.9. The third-order valence-corrected chi connectivity index (χ3v) is 16.1. The number of hydrogen-bond donors (Lipinski definition) is 2. The highest BCUT2D eigenvalue weighted by Crippen LogP contribution is 2.53. The van der Waals surface area contributed by atoms with Crippen molar-refractivity contribution in [3.8, 4) is 0 Å². The number of benzene rings is 4. The normalized spacial score (nSPS) is 24.4. The van der Waals surface area contributed by atoms with Gasteiger partial charge in [-0.3, -0.25) is 19.6 Å². The summed E-state index contributed by atoms with van der Waals surface area (Å²) in [5, 5.41) is 21.0. The van der Waals surface area contributed by atoms with Crippen LogP contribution in [0.3, 0.4) is 0 Å². The number of rotatable bonds is 10. The fourth-order valence-corrected chi connectivity index (χ4v) is 12.6. The predicted molar refractivity (Wildman–Crippen MR) is 263 cm³/mol. The van der Waals surface area contributed by atoms with E-state index in [0.29, 0.717) is 24.7 Å². The maximum atomic E-state index is 13.2. The quantitative estimate of drug-likeness (QED) is 0.133. The molecule has 6 atom stereocenters. The van der Waals surface area contributed by atoms with E-state index >= 15 is 0 Å². The number of aromatic nitrogens is 2. The number of pyridine rings is 2.